The van der Waals surface area contributed by atoms with Crippen molar-refractivity contribution in [2.45, 2.75) is 0 Å². The van der Waals surface area contributed by atoms with Crippen LogP contribution in [0.2, 0.25) is 0 Å². The standard InChI is InChI=1S/C7H5ClO3.Na.H/c8-11-7(10)5-3-1-2-4-6(5)9;;/h1-4,9H;;/q;+1;-1. The Hall–Kier alpha value is -0.220. The summed E-state index contributed by atoms with van der Waals surface area (Å²) in [6, 6.07) is 5.99. The van der Waals surface area contributed by atoms with E-state index in [4.69, 9.17) is 17.0 Å². The number of hydrogen-bond acceptors (Lipinski definition) is 3. The molecule has 0 radical (unpaired) electrons. The Morgan fingerprint density at radius 1 is 1.50 bits per heavy atom. The molecule has 1 aromatic carbocycles. The second-order valence-electron chi connectivity index (χ2n) is 1.88. The summed E-state index contributed by atoms with van der Waals surface area (Å²) in [5.74, 6) is -0.900. The van der Waals surface area contributed by atoms with Crippen molar-refractivity contribution in [2.75, 3.05) is 0 Å². The van der Waals surface area contributed by atoms with Crippen LogP contribution in [-0.4, -0.2) is 11.1 Å². The van der Waals surface area contributed by atoms with Gasteiger partial charge in [-0.2, -0.15) is 0 Å². The summed E-state index contributed by atoms with van der Waals surface area (Å²) in [5.41, 5.74) is 0.0579. The third-order valence-electron chi connectivity index (χ3n) is 1.19. The molecule has 0 saturated heterocycles. The maximum absolute atomic E-state index is 10.7. The first-order chi connectivity index (χ1) is 5.25. The van der Waals surface area contributed by atoms with Crippen molar-refractivity contribution in [3.63, 3.8) is 0 Å². The molecule has 0 unspecified atom stereocenters. The van der Waals surface area contributed by atoms with Gasteiger partial charge in [0.25, 0.3) is 0 Å². The van der Waals surface area contributed by atoms with Gasteiger partial charge in [0.05, 0.1) is 0 Å². The van der Waals surface area contributed by atoms with Crippen LogP contribution in [0, 0.1) is 0 Å². The monoisotopic (exact) mass is 196 g/mol. The number of para-hydroxylation sites is 1. The van der Waals surface area contributed by atoms with E-state index < -0.39 is 5.97 Å². The molecule has 1 aromatic rings. The minimum Gasteiger partial charge on any atom is -1.00 e. The maximum Gasteiger partial charge on any atom is 1.00 e. The molecule has 1 rings (SSSR count). The van der Waals surface area contributed by atoms with Gasteiger partial charge in [-0.15, -0.1) is 0 Å². The summed E-state index contributed by atoms with van der Waals surface area (Å²) in [5, 5.41) is 9.05. The van der Waals surface area contributed by atoms with Crippen LogP contribution in [0.5, 0.6) is 5.75 Å². The molecular weight excluding hydrogens is 191 g/mol. The van der Waals surface area contributed by atoms with E-state index in [9.17, 15) is 4.79 Å². The number of halogens is 1. The van der Waals surface area contributed by atoms with Crippen molar-refractivity contribution in [1.29, 1.82) is 0 Å². The first kappa shape index (κ1) is 11.8. The number of phenols is 1. The van der Waals surface area contributed by atoms with Gasteiger partial charge in [0.15, 0.2) is 0 Å². The van der Waals surface area contributed by atoms with Gasteiger partial charge in [-0.1, -0.05) is 12.1 Å². The van der Waals surface area contributed by atoms with Gasteiger partial charge in [0, 0.05) is 0 Å². The summed E-state index contributed by atoms with van der Waals surface area (Å²) < 4.78 is 3.89. The van der Waals surface area contributed by atoms with Crippen LogP contribution in [-0.2, 0) is 4.29 Å². The zero-order valence-corrected chi connectivity index (χ0v) is 9.21. The largest absolute Gasteiger partial charge is 1.00 e. The van der Waals surface area contributed by atoms with Gasteiger partial charge in [0.1, 0.15) is 23.2 Å². The van der Waals surface area contributed by atoms with Crippen LogP contribution in [0.1, 0.15) is 11.8 Å². The van der Waals surface area contributed by atoms with E-state index in [1.807, 2.05) is 0 Å². The molecule has 0 aliphatic carbocycles. The maximum atomic E-state index is 10.7. The summed E-state index contributed by atoms with van der Waals surface area (Å²) >= 11 is 4.80. The number of aromatic hydroxyl groups is 1. The molecule has 12 heavy (non-hydrogen) atoms. The average molecular weight is 197 g/mol. The molecule has 1 N–H and O–H groups in total. The fourth-order valence-corrected chi connectivity index (χ4v) is 0.771. The minimum atomic E-state index is -0.759. The molecule has 0 fully saturated rings. The predicted molar refractivity (Wildman–Crippen MR) is 40.5 cm³/mol. The van der Waals surface area contributed by atoms with E-state index in [2.05, 4.69) is 4.29 Å². The molecule has 0 spiro atoms. The average Bonchev–Trinajstić information content (AvgIpc) is 2.04. The van der Waals surface area contributed by atoms with Crippen LogP contribution in [0.3, 0.4) is 0 Å². The van der Waals surface area contributed by atoms with Gasteiger partial charge < -0.3 is 10.8 Å². The van der Waals surface area contributed by atoms with E-state index >= 15 is 0 Å². The van der Waals surface area contributed by atoms with Crippen molar-refractivity contribution in [3.05, 3.63) is 29.8 Å². The molecular formula is C7H6ClNaO3. The fourth-order valence-electron chi connectivity index (χ4n) is 0.688. The quantitative estimate of drug-likeness (QED) is 0.576. The van der Waals surface area contributed by atoms with Crippen molar-refractivity contribution >= 4 is 17.8 Å². The smallest absolute Gasteiger partial charge is 1.00 e. The zero-order valence-electron chi connectivity index (χ0n) is 7.45. The van der Waals surface area contributed by atoms with Gasteiger partial charge in [-0.25, -0.2) is 4.79 Å². The molecule has 5 heteroatoms. The van der Waals surface area contributed by atoms with Gasteiger partial charge in [-0.3, -0.25) is 0 Å². The van der Waals surface area contributed by atoms with Crippen molar-refractivity contribution in [3.8, 4) is 5.75 Å². The number of benzene rings is 1. The minimum absolute atomic E-state index is 0. The van der Waals surface area contributed by atoms with E-state index in [0.717, 1.165) is 0 Å². The van der Waals surface area contributed by atoms with Crippen LogP contribution in [0.4, 0.5) is 0 Å². The number of rotatable bonds is 1. The Kier molecular flexibility index (Phi) is 5.33. The Morgan fingerprint density at radius 3 is 2.58 bits per heavy atom. The van der Waals surface area contributed by atoms with Crippen LogP contribution >= 0.6 is 11.9 Å². The number of hydrogen-bond donors (Lipinski definition) is 1. The van der Waals surface area contributed by atoms with E-state index in [-0.39, 0.29) is 42.3 Å². The van der Waals surface area contributed by atoms with Crippen molar-refractivity contribution in [2.24, 2.45) is 0 Å². The van der Waals surface area contributed by atoms with Crippen molar-refractivity contribution < 1.29 is 45.2 Å². The molecule has 3 nitrogen and oxygen atoms in total. The molecule has 0 amide bonds. The molecule has 0 atom stereocenters. The van der Waals surface area contributed by atoms with Crippen LogP contribution < -0.4 is 29.6 Å². The van der Waals surface area contributed by atoms with Gasteiger partial charge >= 0.3 is 35.5 Å². The topological polar surface area (TPSA) is 46.5 Å². The molecule has 0 aliphatic heterocycles. The SMILES string of the molecule is O=C(OCl)c1ccccc1O.[H-].[Na+]. The Balaban J connectivity index is 0. The Bertz CT molecular complexity index is 282. The summed E-state index contributed by atoms with van der Waals surface area (Å²) in [4.78, 5) is 10.7. The summed E-state index contributed by atoms with van der Waals surface area (Å²) in [7, 11) is 0. The predicted octanol–water partition coefficient (Wildman–Crippen LogP) is -1.18. The fraction of sp³-hybridized carbons (Fsp3) is 0. The third kappa shape index (κ3) is 2.68. The number of carbonyl (C=O) groups is 1. The molecule has 0 heterocycles. The summed E-state index contributed by atoms with van der Waals surface area (Å²) in [6.45, 7) is 0. The number of phenolic OH excluding ortho intramolecular Hbond substituents is 1. The normalized spacial score (nSPS) is 8.42. The first-order valence-electron chi connectivity index (χ1n) is 2.86. The number of carbonyl (C=O) groups excluding carboxylic acids is 1. The second kappa shape index (κ2) is 5.43. The zero-order chi connectivity index (χ0) is 8.27. The molecule has 0 aliphatic rings. The van der Waals surface area contributed by atoms with Gasteiger partial charge in [0.2, 0.25) is 0 Å². The van der Waals surface area contributed by atoms with Gasteiger partial charge in [-0.05, 0) is 12.1 Å². The van der Waals surface area contributed by atoms with Crippen LogP contribution in [0.15, 0.2) is 24.3 Å². The van der Waals surface area contributed by atoms with Crippen LogP contribution in [0.25, 0.3) is 0 Å². The summed E-state index contributed by atoms with van der Waals surface area (Å²) in [6.07, 6.45) is 0. The molecule has 0 aromatic heterocycles. The van der Waals surface area contributed by atoms with E-state index in [1.165, 1.54) is 12.1 Å². The Labute approximate surface area is 98.2 Å². The third-order valence-corrected chi connectivity index (χ3v) is 1.33. The molecule has 0 bridgehead atoms. The molecule has 0 saturated carbocycles. The first-order valence-corrected chi connectivity index (χ1v) is 3.17. The van der Waals surface area contributed by atoms with E-state index in [0.29, 0.717) is 0 Å². The second-order valence-corrected chi connectivity index (χ2v) is 2.04. The molecule has 60 valence electrons. The van der Waals surface area contributed by atoms with E-state index in [1.54, 1.807) is 12.1 Å². The van der Waals surface area contributed by atoms with Crippen molar-refractivity contribution in [1.82, 2.24) is 0 Å². The Morgan fingerprint density at radius 2 is 2.08 bits per heavy atom.